The lowest BCUT2D eigenvalue weighted by Gasteiger charge is -2.34. The number of benzene rings is 1. The lowest BCUT2D eigenvalue weighted by atomic mass is 9.95. The number of rotatable bonds is 3. The largest absolute Gasteiger partial charge is 0.348 e. The highest BCUT2D eigenvalue weighted by Gasteiger charge is 2.31. The van der Waals surface area contributed by atoms with E-state index in [-0.39, 0.29) is 11.9 Å². The number of aromatic nitrogens is 4. The van der Waals surface area contributed by atoms with Gasteiger partial charge in [-0.2, -0.15) is 0 Å². The summed E-state index contributed by atoms with van der Waals surface area (Å²) in [5, 5.41) is 6.09. The van der Waals surface area contributed by atoms with Crippen molar-refractivity contribution in [3.05, 3.63) is 64.4 Å². The minimum absolute atomic E-state index is 0.0114. The van der Waals surface area contributed by atoms with Gasteiger partial charge < -0.3 is 4.98 Å². The number of aromatic amines is 1. The second kappa shape index (κ2) is 5.58. The third kappa shape index (κ3) is 2.42. The molecule has 1 atom stereocenters. The maximum atomic E-state index is 13.2. The second-order valence-corrected chi connectivity index (χ2v) is 5.95. The molecule has 1 aliphatic rings. The van der Waals surface area contributed by atoms with Crippen molar-refractivity contribution >= 4 is 11.5 Å². The predicted octanol–water partition coefficient (Wildman–Crippen LogP) is 2.55. The van der Waals surface area contributed by atoms with Gasteiger partial charge in [-0.15, -0.1) is 5.10 Å². The molecular formula is C15H14FN5S. The highest BCUT2D eigenvalue weighted by atomic mass is 32.1. The molecule has 112 valence electrons. The molecule has 1 unspecified atom stereocenters. The maximum absolute atomic E-state index is 13.2. The third-order valence-electron chi connectivity index (χ3n) is 3.98. The Bertz CT molecular complexity index is 753. The number of nitrogens with zero attached hydrogens (tertiary/aromatic N) is 4. The minimum atomic E-state index is -0.225. The standard InChI is InChI=1S/C15H14FN5S/c16-11-3-1-10(2-4-11)15-14-13(17-9-18-14)5-6-21(15)7-12-8-22-20-19-12/h1-4,8-9,15H,5-7H2,(H,17,18). The predicted molar refractivity (Wildman–Crippen MR) is 80.9 cm³/mol. The Morgan fingerprint density at radius 1 is 1.32 bits per heavy atom. The average Bonchev–Trinajstić information content (AvgIpc) is 3.19. The molecule has 0 bridgehead atoms. The van der Waals surface area contributed by atoms with Gasteiger partial charge in [-0.25, -0.2) is 9.37 Å². The Morgan fingerprint density at radius 3 is 2.95 bits per heavy atom. The van der Waals surface area contributed by atoms with Gasteiger partial charge in [0.05, 0.1) is 23.8 Å². The summed E-state index contributed by atoms with van der Waals surface area (Å²) in [5.41, 5.74) is 4.16. The van der Waals surface area contributed by atoms with Gasteiger partial charge in [-0.05, 0) is 29.2 Å². The zero-order valence-corrected chi connectivity index (χ0v) is 12.6. The normalized spacial score (nSPS) is 18.3. The Balaban J connectivity index is 1.72. The topological polar surface area (TPSA) is 57.7 Å². The number of imidazole rings is 1. The first-order chi connectivity index (χ1) is 10.8. The summed E-state index contributed by atoms with van der Waals surface area (Å²) >= 11 is 1.36. The molecule has 7 heteroatoms. The SMILES string of the molecule is Fc1ccc(C2c3nc[nH]c3CCN2Cc2csnn2)cc1. The van der Waals surface area contributed by atoms with Crippen LogP contribution in [0.15, 0.2) is 36.0 Å². The molecule has 0 radical (unpaired) electrons. The Hall–Kier alpha value is -2.12. The second-order valence-electron chi connectivity index (χ2n) is 5.34. The van der Waals surface area contributed by atoms with Crippen molar-refractivity contribution < 1.29 is 4.39 Å². The molecule has 0 spiro atoms. The zero-order valence-electron chi connectivity index (χ0n) is 11.7. The molecule has 0 amide bonds. The van der Waals surface area contributed by atoms with Gasteiger partial charge in [0.1, 0.15) is 5.82 Å². The molecule has 5 nitrogen and oxygen atoms in total. The van der Waals surface area contributed by atoms with Crippen molar-refractivity contribution in [3.63, 3.8) is 0 Å². The van der Waals surface area contributed by atoms with Crippen molar-refractivity contribution in [2.24, 2.45) is 0 Å². The van der Waals surface area contributed by atoms with E-state index in [1.54, 1.807) is 6.33 Å². The van der Waals surface area contributed by atoms with E-state index in [9.17, 15) is 4.39 Å². The van der Waals surface area contributed by atoms with Crippen LogP contribution in [-0.2, 0) is 13.0 Å². The molecule has 0 aliphatic carbocycles. The van der Waals surface area contributed by atoms with E-state index < -0.39 is 0 Å². The van der Waals surface area contributed by atoms with Gasteiger partial charge in [0.2, 0.25) is 0 Å². The van der Waals surface area contributed by atoms with Crippen LogP contribution in [0.3, 0.4) is 0 Å². The summed E-state index contributed by atoms with van der Waals surface area (Å²) in [5.74, 6) is -0.225. The van der Waals surface area contributed by atoms with Gasteiger partial charge in [0.25, 0.3) is 0 Å². The van der Waals surface area contributed by atoms with Crippen molar-refractivity contribution in [2.75, 3.05) is 6.54 Å². The van der Waals surface area contributed by atoms with Crippen LogP contribution in [0.4, 0.5) is 4.39 Å². The Labute approximate surface area is 131 Å². The molecule has 0 saturated carbocycles. The monoisotopic (exact) mass is 315 g/mol. The van der Waals surface area contributed by atoms with Gasteiger partial charge in [-0.3, -0.25) is 4.90 Å². The molecule has 4 rings (SSSR count). The van der Waals surface area contributed by atoms with Gasteiger partial charge in [0.15, 0.2) is 0 Å². The van der Waals surface area contributed by atoms with E-state index in [1.807, 2.05) is 17.5 Å². The molecule has 1 aliphatic heterocycles. The lowest BCUT2D eigenvalue weighted by Crippen LogP contribution is -2.36. The molecule has 0 saturated heterocycles. The van der Waals surface area contributed by atoms with Crippen LogP contribution in [0.5, 0.6) is 0 Å². The van der Waals surface area contributed by atoms with E-state index in [0.29, 0.717) is 6.54 Å². The number of hydrogen-bond donors (Lipinski definition) is 1. The zero-order chi connectivity index (χ0) is 14.9. The summed E-state index contributed by atoms with van der Waals surface area (Å²) in [6.07, 6.45) is 2.65. The fourth-order valence-electron chi connectivity index (χ4n) is 2.97. The molecular weight excluding hydrogens is 301 g/mol. The number of hydrogen-bond acceptors (Lipinski definition) is 5. The van der Waals surface area contributed by atoms with Crippen molar-refractivity contribution in [1.29, 1.82) is 0 Å². The van der Waals surface area contributed by atoms with E-state index in [0.717, 1.165) is 35.6 Å². The van der Waals surface area contributed by atoms with E-state index in [1.165, 1.54) is 23.7 Å². The van der Waals surface area contributed by atoms with Gasteiger partial charge in [0, 0.05) is 30.6 Å². The van der Waals surface area contributed by atoms with Crippen LogP contribution in [-0.4, -0.2) is 31.0 Å². The summed E-state index contributed by atoms with van der Waals surface area (Å²) in [4.78, 5) is 10.0. The molecule has 22 heavy (non-hydrogen) atoms. The van der Waals surface area contributed by atoms with Crippen LogP contribution < -0.4 is 0 Å². The average molecular weight is 315 g/mol. The van der Waals surface area contributed by atoms with Crippen LogP contribution in [0, 0.1) is 5.82 Å². The Morgan fingerprint density at radius 2 is 2.18 bits per heavy atom. The van der Waals surface area contributed by atoms with Crippen LogP contribution in [0.2, 0.25) is 0 Å². The summed E-state index contributed by atoms with van der Waals surface area (Å²) in [6.45, 7) is 1.61. The van der Waals surface area contributed by atoms with Crippen molar-refractivity contribution in [1.82, 2.24) is 24.5 Å². The van der Waals surface area contributed by atoms with E-state index in [2.05, 4.69) is 24.5 Å². The molecule has 1 aromatic carbocycles. The first kappa shape index (κ1) is 13.5. The quantitative estimate of drug-likeness (QED) is 0.807. The highest BCUT2D eigenvalue weighted by molar-refractivity contribution is 7.03. The maximum Gasteiger partial charge on any atom is 0.123 e. The summed E-state index contributed by atoms with van der Waals surface area (Å²) in [6, 6.07) is 6.67. The summed E-state index contributed by atoms with van der Waals surface area (Å²) < 4.78 is 17.2. The number of fused-ring (bicyclic) bond motifs is 1. The van der Waals surface area contributed by atoms with Gasteiger partial charge in [-0.1, -0.05) is 16.6 Å². The van der Waals surface area contributed by atoms with Crippen molar-refractivity contribution in [2.45, 2.75) is 19.0 Å². The number of halogens is 1. The van der Waals surface area contributed by atoms with Crippen LogP contribution in [0.1, 0.15) is 28.7 Å². The van der Waals surface area contributed by atoms with E-state index >= 15 is 0 Å². The summed E-state index contributed by atoms with van der Waals surface area (Å²) in [7, 11) is 0. The van der Waals surface area contributed by atoms with Crippen LogP contribution in [0.25, 0.3) is 0 Å². The lowest BCUT2D eigenvalue weighted by molar-refractivity contribution is 0.198. The Kier molecular flexibility index (Phi) is 3.44. The van der Waals surface area contributed by atoms with Gasteiger partial charge >= 0.3 is 0 Å². The number of H-pyrrole nitrogens is 1. The fourth-order valence-corrected chi connectivity index (χ4v) is 3.41. The first-order valence-electron chi connectivity index (χ1n) is 7.09. The smallest absolute Gasteiger partial charge is 0.123 e. The third-order valence-corrected chi connectivity index (χ3v) is 4.53. The molecule has 3 aromatic rings. The molecule has 3 heterocycles. The first-order valence-corrected chi connectivity index (χ1v) is 7.92. The molecule has 1 N–H and O–H groups in total. The van der Waals surface area contributed by atoms with Crippen LogP contribution >= 0.6 is 11.5 Å². The van der Waals surface area contributed by atoms with Crippen molar-refractivity contribution in [3.8, 4) is 0 Å². The molecule has 0 fully saturated rings. The highest BCUT2D eigenvalue weighted by Crippen LogP contribution is 2.34. The molecule has 2 aromatic heterocycles. The fraction of sp³-hybridized carbons (Fsp3) is 0.267. The number of nitrogens with one attached hydrogen (secondary N) is 1. The minimum Gasteiger partial charge on any atom is -0.348 e. The van der Waals surface area contributed by atoms with E-state index in [4.69, 9.17) is 0 Å².